The Morgan fingerprint density at radius 3 is 2.55 bits per heavy atom. The molecule has 1 atom stereocenters. The lowest BCUT2D eigenvalue weighted by Crippen LogP contribution is -2.31. The largest absolute Gasteiger partial charge is 0.494 e. The fourth-order valence-electron chi connectivity index (χ4n) is 5.06. The quantitative estimate of drug-likeness (QED) is 0.657. The first-order valence-corrected chi connectivity index (χ1v) is 10.6. The second-order valence-corrected chi connectivity index (χ2v) is 8.82. The van der Waals surface area contributed by atoms with Gasteiger partial charge in [-0.15, -0.1) is 0 Å². The zero-order valence-corrected chi connectivity index (χ0v) is 18.1. The Hall–Kier alpha value is -3.59. The van der Waals surface area contributed by atoms with Crippen molar-refractivity contribution in [3.05, 3.63) is 64.1 Å². The van der Waals surface area contributed by atoms with Crippen molar-refractivity contribution in [2.75, 3.05) is 6.61 Å². The molecule has 0 fully saturated rings. The molecule has 0 amide bonds. The lowest BCUT2D eigenvalue weighted by Gasteiger charge is -2.37. The number of benzene rings is 2. The van der Waals surface area contributed by atoms with Crippen molar-refractivity contribution in [1.82, 2.24) is 4.57 Å². The maximum absolute atomic E-state index is 11.4. The minimum Gasteiger partial charge on any atom is -0.494 e. The van der Waals surface area contributed by atoms with Crippen LogP contribution < -0.4 is 15.5 Å². The smallest absolute Gasteiger partial charge is 0.201 e. The molecule has 0 unspecified atom stereocenters. The van der Waals surface area contributed by atoms with E-state index in [1.807, 2.05) is 41.8 Å². The molecule has 0 bridgehead atoms. The van der Waals surface area contributed by atoms with E-state index >= 15 is 0 Å². The number of ether oxygens (including phenoxy) is 1. The standard InChI is InChI=1S/C25H24N4O2/c1-5-31-15-10-16-14(2)12-25(3,4)29-22(16)17(11-15)21(24(29)30)18(13-26)23-27-19-8-6-7-9-20(19)28-23/h6-11,14,30H,5,12H2,1-4H3/t14-/m0/s1. The van der Waals surface area contributed by atoms with Crippen LogP contribution in [0.4, 0.5) is 0 Å². The molecule has 2 aliphatic heterocycles. The van der Waals surface area contributed by atoms with Crippen molar-refractivity contribution in [2.24, 2.45) is 9.98 Å². The molecule has 6 nitrogen and oxygen atoms in total. The first-order valence-electron chi connectivity index (χ1n) is 10.6. The predicted molar refractivity (Wildman–Crippen MR) is 118 cm³/mol. The van der Waals surface area contributed by atoms with Crippen molar-refractivity contribution in [1.29, 1.82) is 5.26 Å². The molecule has 3 aromatic rings. The molecule has 5 rings (SSSR count). The van der Waals surface area contributed by atoms with Gasteiger partial charge in [0.25, 0.3) is 0 Å². The summed E-state index contributed by atoms with van der Waals surface area (Å²) in [6.45, 7) is 8.92. The van der Waals surface area contributed by atoms with E-state index in [0.717, 1.165) is 39.4 Å². The van der Waals surface area contributed by atoms with E-state index < -0.39 is 0 Å². The lowest BCUT2D eigenvalue weighted by molar-refractivity contribution is 0.266. The number of hydrogen-bond donors (Lipinski definition) is 1. The summed E-state index contributed by atoms with van der Waals surface area (Å²) < 4.78 is 7.80. The Morgan fingerprint density at radius 1 is 1.26 bits per heavy atom. The fourth-order valence-corrected chi connectivity index (χ4v) is 5.06. The van der Waals surface area contributed by atoms with E-state index in [1.54, 1.807) is 0 Å². The number of fused-ring (bicyclic) bond motifs is 1. The molecule has 0 aliphatic carbocycles. The van der Waals surface area contributed by atoms with Gasteiger partial charge in [0.15, 0.2) is 5.82 Å². The number of aromatic nitrogens is 1. The van der Waals surface area contributed by atoms with E-state index in [9.17, 15) is 10.4 Å². The summed E-state index contributed by atoms with van der Waals surface area (Å²) in [5.41, 5.74) is 2.50. The predicted octanol–water partition coefficient (Wildman–Crippen LogP) is 4.13. The monoisotopic (exact) mass is 412 g/mol. The molecule has 31 heavy (non-hydrogen) atoms. The number of nitrogens with zero attached hydrogens (tertiary/aromatic N) is 4. The summed E-state index contributed by atoms with van der Waals surface area (Å²) in [4.78, 5) is 9.14. The average molecular weight is 412 g/mol. The molecule has 0 spiro atoms. The molecule has 6 heteroatoms. The van der Waals surface area contributed by atoms with Gasteiger partial charge in [-0.25, -0.2) is 9.98 Å². The Bertz CT molecular complexity index is 1400. The van der Waals surface area contributed by atoms with E-state index in [0.29, 0.717) is 18.0 Å². The van der Waals surface area contributed by atoms with Crippen LogP contribution in [0, 0.1) is 11.3 Å². The Balaban J connectivity index is 1.90. The zero-order valence-electron chi connectivity index (χ0n) is 18.1. The van der Waals surface area contributed by atoms with Gasteiger partial charge in [0, 0.05) is 10.9 Å². The van der Waals surface area contributed by atoms with E-state index in [4.69, 9.17) is 4.74 Å². The van der Waals surface area contributed by atoms with Gasteiger partial charge in [0.2, 0.25) is 5.88 Å². The van der Waals surface area contributed by atoms with Crippen LogP contribution >= 0.6 is 0 Å². The van der Waals surface area contributed by atoms with Crippen LogP contribution in [0.1, 0.15) is 51.2 Å². The summed E-state index contributed by atoms with van der Waals surface area (Å²) in [6, 6.07) is 13.8. The highest BCUT2D eigenvalue weighted by Crippen LogP contribution is 2.50. The highest BCUT2D eigenvalue weighted by Gasteiger charge is 2.38. The lowest BCUT2D eigenvalue weighted by atomic mass is 9.82. The SMILES string of the molecule is CCOc1cc2c3c(c1)c(C(C#N)=C1N=c4ccccc4=N1)c(O)n3C(C)(C)C[C@@H]2C. The summed E-state index contributed by atoms with van der Waals surface area (Å²) in [6.07, 6.45) is 0.866. The second-order valence-electron chi connectivity index (χ2n) is 8.82. The van der Waals surface area contributed by atoms with Gasteiger partial charge >= 0.3 is 0 Å². The topological polar surface area (TPSA) is 82.9 Å². The molecule has 3 heterocycles. The molecule has 0 saturated heterocycles. The Labute approximate surface area is 180 Å². The van der Waals surface area contributed by atoms with Crippen LogP contribution in [0.3, 0.4) is 0 Å². The van der Waals surface area contributed by atoms with Crippen LogP contribution in [-0.2, 0) is 5.54 Å². The van der Waals surface area contributed by atoms with Crippen LogP contribution in [0.2, 0.25) is 0 Å². The van der Waals surface area contributed by atoms with Gasteiger partial charge in [-0.1, -0.05) is 19.1 Å². The maximum atomic E-state index is 11.4. The molecule has 0 radical (unpaired) electrons. The van der Waals surface area contributed by atoms with Gasteiger partial charge in [0.05, 0.1) is 28.4 Å². The number of nitriles is 1. The third-order valence-electron chi connectivity index (χ3n) is 6.21. The van der Waals surface area contributed by atoms with Crippen LogP contribution in [0.5, 0.6) is 11.6 Å². The fraction of sp³-hybridized carbons (Fsp3) is 0.320. The van der Waals surface area contributed by atoms with Crippen molar-refractivity contribution < 1.29 is 9.84 Å². The number of hydrogen-bond acceptors (Lipinski definition) is 5. The van der Waals surface area contributed by atoms with Crippen LogP contribution in [-0.4, -0.2) is 16.3 Å². The van der Waals surface area contributed by atoms with Gasteiger partial charge in [0.1, 0.15) is 17.4 Å². The third-order valence-corrected chi connectivity index (χ3v) is 6.21. The van der Waals surface area contributed by atoms with Crippen molar-refractivity contribution in [3.8, 4) is 17.7 Å². The van der Waals surface area contributed by atoms with E-state index in [2.05, 4.69) is 42.9 Å². The van der Waals surface area contributed by atoms with Crippen molar-refractivity contribution in [2.45, 2.75) is 45.6 Å². The van der Waals surface area contributed by atoms with Crippen molar-refractivity contribution in [3.63, 3.8) is 0 Å². The number of rotatable bonds is 3. The van der Waals surface area contributed by atoms with Gasteiger partial charge in [-0.3, -0.25) is 0 Å². The van der Waals surface area contributed by atoms with Gasteiger partial charge in [-0.05, 0) is 62.9 Å². The Morgan fingerprint density at radius 2 is 1.94 bits per heavy atom. The molecule has 2 aromatic carbocycles. The molecule has 1 N–H and O–H groups in total. The third kappa shape index (κ3) is 2.77. The van der Waals surface area contributed by atoms with Crippen molar-refractivity contribution >= 4 is 16.5 Å². The number of aromatic hydroxyl groups is 1. The molecule has 0 saturated carbocycles. The summed E-state index contributed by atoms with van der Waals surface area (Å²) in [7, 11) is 0. The highest BCUT2D eigenvalue weighted by atomic mass is 16.5. The summed E-state index contributed by atoms with van der Waals surface area (Å²) >= 11 is 0. The normalized spacial score (nSPS) is 18.2. The highest BCUT2D eigenvalue weighted by molar-refractivity contribution is 6.02. The Kier molecular flexibility index (Phi) is 4.19. The van der Waals surface area contributed by atoms with Crippen LogP contribution in [0.25, 0.3) is 16.5 Å². The summed E-state index contributed by atoms with van der Waals surface area (Å²) in [5, 5.41) is 23.8. The molecule has 1 aromatic heterocycles. The van der Waals surface area contributed by atoms with E-state index in [-0.39, 0.29) is 22.9 Å². The first-order chi connectivity index (χ1) is 14.9. The average Bonchev–Trinajstić information content (AvgIpc) is 3.27. The van der Waals surface area contributed by atoms with Crippen LogP contribution in [0.15, 0.2) is 52.2 Å². The maximum Gasteiger partial charge on any atom is 0.201 e. The second kappa shape index (κ2) is 6.71. The molecular formula is C25H24N4O2. The zero-order chi connectivity index (χ0) is 21.9. The van der Waals surface area contributed by atoms with Gasteiger partial charge < -0.3 is 14.4 Å². The number of para-hydroxylation sites is 2. The summed E-state index contributed by atoms with van der Waals surface area (Å²) in [5.74, 6) is 1.43. The van der Waals surface area contributed by atoms with E-state index in [1.165, 1.54) is 0 Å². The number of allylic oxidation sites excluding steroid dienone is 1. The minimum atomic E-state index is -0.307. The van der Waals surface area contributed by atoms with Gasteiger partial charge in [-0.2, -0.15) is 5.26 Å². The molecule has 156 valence electrons. The molecule has 2 aliphatic rings. The minimum absolute atomic E-state index is 0.0761. The molecular weight excluding hydrogens is 388 g/mol. The first kappa shape index (κ1) is 19.4.